The summed E-state index contributed by atoms with van der Waals surface area (Å²) >= 11 is 3.41. The minimum absolute atomic E-state index is 0.245. The molecule has 6 nitrogen and oxygen atoms in total. The summed E-state index contributed by atoms with van der Waals surface area (Å²) in [5, 5.41) is 0. The molecule has 0 saturated heterocycles. The van der Waals surface area contributed by atoms with Crippen LogP contribution in [0, 0.1) is 0 Å². The largest absolute Gasteiger partial charge is 0.419 e. The second-order valence-electron chi connectivity index (χ2n) is 5.01. The molecule has 110 valence electrons. The monoisotopic (exact) mass is 359 g/mol. The van der Waals surface area contributed by atoms with Crippen molar-refractivity contribution < 1.29 is 4.42 Å². The van der Waals surface area contributed by atoms with Gasteiger partial charge in [0.05, 0.1) is 22.2 Å². The van der Waals surface area contributed by atoms with Crippen LogP contribution in [0.2, 0.25) is 0 Å². The van der Waals surface area contributed by atoms with Crippen LogP contribution in [0.25, 0.3) is 27.8 Å². The van der Waals surface area contributed by atoms with E-state index in [1.165, 1.54) is 4.57 Å². The minimum Gasteiger partial charge on any atom is -0.408 e. The van der Waals surface area contributed by atoms with E-state index >= 15 is 0 Å². The molecule has 2 aromatic carbocycles. The smallest absolute Gasteiger partial charge is 0.408 e. The van der Waals surface area contributed by atoms with E-state index in [-0.39, 0.29) is 5.69 Å². The van der Waals surface area contributed by atoms with E-state index < -0.39 is 5.76 Å². The van der Waals surface area contributed by atoms with E-state index in [9.17, 15) is 9.59 Å². The van der Waals surface area contributed by atoms with E-state index in [0.717, 1.165) is 15.5 Å². The number of aromatic nitrogens is 3. The van der Waals surface area contributed by atoms with Crippen molar-refractivity contribution in [1.29, 1.82) is 0 Å². The molecule has 2 aromatic heterocycles. The quantitative estimate of drug-likeness (QED) is 0.567. The zero-order valence-electron chi connectivity index (χ0n) is 11.5. The Bertz CT molecular complexity index is 1150. The standard InChI is InChI=1S/C15H10BrN3O3/c1-18-11-5-3-9(7-13(11)22-15(18)21)19-12-6-8(16)2-4-10(12)17-14(19)20/h2-7H,1H3,(H,17,20). The Morgan fingerprint density at radius 2 is 1.91 bits per heavy atom. The van der Waals surface area contributed by atoms with Crippen LogP contribution in [0.15, 0.2) is 54.9 Å². The number of aromatic amines is 1. The zero-order valence-corrected chi connectivity index (χ0v) is 13.0. The molecular formula is C15H10BrN3O3. The van der Waals surface area contributed by atoms with E-state index in [4.69, 9.17) is 4.42 Å². The number of halogens is 1. The summed E-state index contributed by atoms with van der Waals surface area (Å²) < 4.78 is 9.03. The van der Waals surface area contributed by atoms with Crippen LogP contribution in [0.5, 0.6) is 0 Å². The summed E-state index contributed by atoms with van der Waals surface area (Å²) in [4.78, 5) is 26.6. The molecule has 0 radical (unpaired) electrons. The van der Waals surface area contributed by atoms with Crippen molar-refractivity contribution in [3.63, 3.8) is 0 Å². The summed E-state index contributed by atoms with van der Waals surface area (Å²) in [5.74, 6) is -0.429. The third kappa shape index (κ3) is 1.79. The van der Waals surface area contributed by atoms with Gasteiger partial charge in [-0.05, 0) is 30.3 Å². The maximum atomic E-state index is 12.3. The van der Waals surface area contributed by atoms with Crippen LogP contribution in [0.4, 0.5) is 0 Å². The van der Waals surface area contributed by atoms with Gasteiger partial charge >= 0.3 is 11.4 Å². The van der Waals surface area contributed by atoms with Crippen molar-refractivity contribution in [1.82, 2.24) is 14.1 Å². The van der Waals surface area contributed by atoms with Crippen LogP contribution >= 0.6 is 15.9 Å². The fourth-order valence-corrected chi connectivity index (χ4v) is 2.94. The molecule has 1 N–H and O–H groups in total. The first-order valence-electron chi connectivity index (χ1n) is 6.55. The Balaban J connectivity index is 2.06. The molecule has 0 unspecified atom stereocenters. The highest BCUT2D eigenvalue weighted by Crippen LogP contribution is 2.22. The summed E-state index contributed by atoms with van der Waals surface area (Å²) in [6.45, 7) is 0. The number of imidazole rings is 1. The average molecular weight is 360 g/mol. The van der Waals surface area contributed by atoms with E-state index in [0.29, 0.717) is 16.8 Å². The van der Waals surface area contributed by atoms with Crippen LogP contribution in [0.1, 0.15) is 0 Å². The molecule has 4 rings (SSSR count). The van der Waals surface area contributed by atoms with Crippen molar-refractivity contribution in [3.8, 4) is 5.69 Å². The van der Waals surface area contributed by atoms with E-state index in [1.54, 1.807) is 29.8 Å². The van der Waals surface area contributed by atoms with Gasteiger partial charge in [-0.2, -0.15) is 0 Å². The molecule has 0 aliphatic heterocycles. The average Bonchev–Trinajstić information content (AvgIpc) is 2.95. The number of oxazole rings is 1. The molecule has 0 amide bonds. The predicted molar refractivity (Wildman–Crippen MR) is 86.6 cm³/mol. The second kappa shape index (κ2) is 4.48. The van der Waals surface area contributed by atoms with Crippen molar-refractivity contribution in [2.24, 2.45) is 7.05 Å². The predicted octanol–water partition coefficient (Wildman–Crippen LogP) is 2.53. The van der Waals surface area contributed by atoms with Crippen LogP contribution < -0.4 is 11.4 Å². The van der Waals surface area contributed by atoms with E-state index in [2.05, 4.69) is 20.9 Å². The third-order valence-electron chi connectivity index (χ3n) is 3.68. The Hall–Kier alpha value is -2.54. The van der Waals surface area contributed by atoms with Crippen LogP contribution in [-0.4, -0.2) is 14.1 Å². The fraction of sp³-hybridized carbons (Fsp3) is 0.0667. The zero-order chi connectivity index (χ0) is 15.4. The van der Waals surface area contributed by atoms with Crippen molar-refractivity contribution >= 4 is 38.1 Å². The number of benzene rings is 2. The highest BCUT2D eigenvalue weighted by molar-refractivity contribution is 9.10. The first kappa shape index (κ1) is 13.1. The van der Waals surface area contributed by atoms with Crippen LogP contribution in [0.3, 0.4) is 0 Å². The van der Waals surface area contributed by atoms with Gasteiger partial charge in [0.25, 0.3) is 0 Å². The van der Waals surface area contributed by atoms with Gasteiger partial charge in [0.2, 0.25) is 0 Å². The normalized spacial score (nSPS) is 11.5. The maximum absolute atomic E-state index is 12.3. The summed E-state index contributed by atoms with van der Waals surface area (Å²) in [6.07, 6.45) is 0. The molecule has 7 heteroatoms. The Morgan fingerprint density at radius 3 is 2.73 bits per heavy atom. The number of rotatable bonds is 1. The van der Waals surface area contributed by atoms with Crippen molar-refractivity contribution in [3.05, 3.63) is 61.9 Å². The number of fused-ring (bicyclic) bond motifs is 2. The maximum Gasteiger partial charge on any atom is 0.419 e. The molecule has 22 heavy (non-hydrogen) atoms. The summed E-state index contributed by atoms with van der Waals surface area (Å²) in [6, 6.07) is 10.8. The summed E-state index contributed by atoms with van der Waals surface area (Å²) in [5.41, 5.74) is 3.01. The topological polar surface area (TPSA) is 72.9 Å². The molecule has 4 aromatic rings. The lowest BCUT2D eigenvalue weighted by Gasteiger charge is -2.03. The van der Waals surface area contributed by atoms with Gasteiger partial charge < -0.3 is 9.40 Å². The van der Waals surface area contributed by atoms with Crippen LogP contribution in [-0.2, 0) is 7.05 Å². The molecule has 0 saturated carbocycles. The molecule has 0 atom stereocenters. The Kier molecular flexibility index (Phi) is 2.67. The van der Waals surface area contributed by atoms with Gasteiger partial charge in [-0.25, -0.2) is 9.59 Å². The SMILES string of the molecule is Cn1c(=O)oc2cc(-n3c(=O)[nH]c4ccc(Br)cc43)ccc21. The number of H-pyrrole nitrogens is 1. The van der Waals surface area contributed by atoms with Gasteiger partial charge in [0, 0.05) is 17.6 Å². The molecule has 0 spiro atoms. The van der Waals surface area contributed by atoms with Gasteiger partial charge in [-0.1, -0.05) is 15.9 Å². The van der Waals surface area contributed by atoms with Crippen molar-refractivity contribution in [2.75, 3.05) is 0 Å². The molecule has 2 heterocycles. The second-order valence-corrected chi connectivity index (χ2v) is 5.92. The fourth-order valence-electron chi connectivity index (χ4n) is 2.59. The third-order valence-corrected chi connectivity index (χ3v) is 4.17. The lowest BCUT2D eigenvalue weighted by Crippen LogP contribution is -2.14. The highest BCUT2D eigenvalue weighted by Gasteiger charge is 2.12. The molecule has 0 aliphatic rings. The van der Waals surface area contributed by atoms with Gasteiger partial charge in [-0.3, -0.25) is 9.13 Å². The number of nitrogens with one attached hydrogen (secondary N) is 1. The van der Waals surface area contributed by atoms with Gasteiger partial charge in [-0.15, -0.1) is 0 Å². The number of hydrogen-bond donors (Lipinski definition) is 1. The Morgan fingerprint density at radius 1 is 1.09 bits per heavy atom. The lowest BCUT2D eigenvalue weighted by molar-refractivity contribution is 0.528. The molecular weight excluding hydrogens is 350 g/mol. The first-order valence-corrected chi connectivity index (χ1v) is 7.34. The minimum atomic E-state index is -0.429. The molecule has 0 fully saturated rings. The molecule has 0 aliphatic carbocycles. The van der Waals surface area contributed by atoms with E-state index in [1.807, 2.05) is 18.2 Å². The number of nitrogens with zero attached hydrogens (tertiary/aromatic N) is 2. The summed E-state index contributed by atoms with van der Waals surface area (Å²) in [7, 11) is 1.64. The Labute approximate surface area is 131 Å². The number of hydrogen-bond acceptors (Lipinski definition) is 3. The van der Waals surface area contributed by atoms with Crippen molar-refractivity contribution in [2.45, 2.75) is 0 Å². The lowest BCUT2D eigenvalue weighted by atomic mass is 10.2. The number of aryl methyl sites for hydroxylation is 1. The van der Waals surface area contributed by atoms with Gasteiger partial charge in [0.15, 0.2) is 5.58 Å². The first-order chi connectivity index (χ1) is 10.5. The molecule has 0 bridgehead atoms. The highest BCUT2D eigenvalue weighted by atomic mass is 79.9. The van der Waals surface area contributed by atoms with Gasteiger partial charge in [0.1, 0.15) is 0 Å².